The van der Waals surface area contributed by atoms with E-state index in [2.05, 4.69) is 10.0 Å². The van der Waals surface area contributed by atoms with Crippen LogP contribution in [0.5, 0.6) is 0 Å². The average Bonchev–Trinajstić information content (AvgIpc) is 2.61. The van der Waals surface area contributed by atoms with E-state index in [0.29, 0.717) is 22.7 Å². The summed E-state index contributed by atoms with van der Waals surface area (Å²) in [4.78, 5) is 13.3. The zero-order valence-corrected chi connectivity index (χ0v) is 16.3. The topological polar surface area (TPSA) is 75.3 Å². The maximum absolute atomic E-state index is 12.3. The van der Waals surface area contributed by atoms with Gasteiger partial charge in [-0.3, -0.25) is 4.79 Å². The molecule has 5 nitrogen and oxygen atoms in total. The summed E-state index contributed by atoms with van der Waals surface area (Å²) in [5, 5.41) is 3.23. The summed E-state index contributed by atoms with van der Waals surface area (Å²) in [6.07, 6.45) is 1.93. The van der Waals surface area contributed by atoms with Crippen LogP contribution in [0, 0.1) is 0 Å². The first-order valence-corrected chi connectivity index (χ1v) is 10.7. The summed E-state index contributed by atoms with van der Waals surface area (Å²) in [6.45, 7) is 0.331. The highest BCUT2D eigenvalue weighted by Gasteiger charge is 2.12. The molecular weight excluding hydrogens is 380 g/mol. The lowest BCUT2D eigenvalue weighted by atomic mass is 10.1. The van der Waals surface area contributed by atoms with Crippen LogP contribution < -0.4 is 10.0 Å². The fourth-order valence-electron chi connectivity index (χ4n) is 2.13. The minimum atomic E-state index is -3.29. The van der Waals surface area contributed by atoms with Gasteiger partial charge in [0.25, 0.3) is 5.91 Å². The summed E-state index contributed by atoms with van der Waals surface area (Å²) >= 11 is 7.63. The molecule has 2 rings (SSSR count). The van der Waals surface area contributed by atoms with Gasteiger partial charge in [0.15, 0.2) is 0 Å². The Hall–Kier alpha value is -1.54. The SMILES string of the molecule is CNS(=O)(=O)Cc1ccc(CNC(=O)c2cc(SC)ccc2Cl)cc1. The Morgan fingerprint density at radius 1 is 1.12 bits per heavy atom. The summed E-state index contributed by atoms with van der Waals surface area (Å²) in [6, 6.07) is 12.4. The Bertz CT molecular complexity index is 853. The van der Waals surface area contributed by atoms with Crippen LogP contribution in [0.4, 0.5) is 0 Å². The van der Waals surface area contributed by atoms with Crippen LogP contribution in [0.2, 0.25) is 5.02 Å². The lowest BCUT2D eigenvalue weighted by Crippen LogP contribution is -2.23. The van der Waals surface area contributed by atoms with Crippen molar-refractivity contribution < 1.29 is 13.2 Å². The molecule has 2 N–H and O–H groups in total. The standard InChI is InChI=1S/C17H19ClN2O3S2/c1-19-25(22,23)11-13-5-3-12(4-6-13)10-20-17(21)15-9-14(24-2)7-8-16(15)18/h3-9,19H,10-11H2,1-2H3,(H,20,21). The Kier molecular flexibility index (Phi) is 6.89. The fraction of sp³-hybridized carbons (Fsp3) is 0.235. The Morgan fingerprint density at radius 3 is 2.36 bits per heavy atom. The van der Waals surface area contributed by atoms with Crippen molar-refractivity contribution in [3.63, 3.8) is 0 Å². The van der Waals surface area contributed by atoms with E-state index in [1.165, 1.54) is 18.8 Å². The lowest BCUT2D eigenvalue weighted by Gasteiger charge is -2.09. The van der Waals surface area contributed by atoms with Gasteiger partial charge in [-0.15, -0.1) is 11.8 Å². The molecule has 0 fully saturated rings. The quantitative estimate of drug-likeness (QED) is 0.703. The van der Waals surface area contributed by atoms with E-state index in [1.54, 1.807) is 36.4 Å². The van der Waals surface area contributed by atoms with E-state index in [0.717, 1.165) is 10.5 Å². The van der Waals surface area contributed by atoms with Crippen molar-refractivity contribution in [2.45, 2.75) is 17.2 Å². The zero-order chi connectivity index (χ0) is 18.4. The van der Waals surface area contributed by atoms with Crippen LogP contribution in [-0.4, -0.2) is 27.6 Å². The number of hydrogen-bond donors (Lipinski definition) is 2. The monoisotopic (exact) mass is 398 g/mol. The van der Waals surface area contributed by atoms with Crippen LogP contribution in [-0.2, 0) is 22.3 Å². The van der Waals surface area contributed by atoms with Gasteiger partial charge in [-0.2, -0.15) is 0 Å². The third-order valence-electron chi connectivity index (χ3n) is 3.56. The maximum atomic E-state index is 12.3. The number of hydrogen-bond acceptors (Lipinski definition) is 4. The summed E-state index contributed by atoms with van der Waals surface area (Å²) < 4.78 is 25.3. The van der Waals surface area contributed by atoms with Crippen LogP contribution in [0.3, 0.4) is 0 Å². The van der Waals surface area contributed by atoms with E-state index in [9.17, 15) is 13.2 Å². The first-order valence-electron chi connectivity index (χ1n) is 7.45. The maximum Gasteiger partial charge on any atom is 0.253 e. The highest BCUT2D eigenvalue weighted by Crippen LogP contribution is 2.23. The van der Waals surface area contributed by atoms with Gasteiger partial charge in [0, 0.05) is 11.4 Å². The molecule has 1 amide bonds. The minimum absolute atomic E-state index is 0.0762. The normalized spacial score (nSPS) is 11.3. The van der Waals surface area contributed by atoms with E-state index in [4.69, 9.17) is 11.6 Å². The molecule has 0 aromatic heterocycles. The van der Waals surface area contributed by atoms with Crippen molar-refractivity contribution in [2.24, 2.45) is 0 Å². The number of carbonyl (C=O) groups excluding carboxylic acids is 1. The van der Waals surface area contributed by atoms with Crippen LogP contribution in [0.1, 0.15) is 21.5 Å². The number of carbonyl (C=O) groups is 1. The number of amides is 1. The van der Waals surface area contributed by atoms with Gasteiger partial charge in [-0.25, -0.2) is 13.1 Å². The molecular formula is C17H19ClN2O3S2. The molecule has 25 heavy (non-hydrogen) atoms. The molecule has 8 heteroatoms. The summed E-state index contributed by atoms with van der Waals surface area (Å²) in [5.74, 6) is -0.324. The predicted molar refractivity (Wildman–Crippen MR) is 103 cm³/mol. The molecule has 2 aromatic rings. The van der Waals surface area contributed by atoms with Crippen LogP contribution in [0.15, 0.2) is 47.4 Å². The van der Waals surface area contributed by atoms with Gasteiger partial charge >= 0.3 is 0 Å². The first kappa shape index (κ1) is 19.8. The van der Waals surface area contributed by atoms with Gasteiger partial charge in [0.2, 0.25) is 10.0 Å². The van der Waals surface area contributed by atoms with E-state index >= 15 is 0 Å². The molecule has 134 valence electrons. The second-order valence-corrected chi connectivity index (χ2v) is 8.52. The Balaban J connectivity index is 2.00. The second-order valence-electron chi connectivity index (χ2n) is 5.31. The number of nitrogens with one attached hydrogen (secondary N) is 2. The fourth-order valence-corrected chi connectivity index (χ4v) is 3.55. The molecule has 0 aliphatic carbocycles. The third kappa shape index (κ3) is 5.74. The van der Waals surface area contributed by atoms with Gasteiger partial charge in [-0.05, 0) is 42.6 Å². The van der Waals surface area contributed by atoms with Gasteiger partial charge in [0.1, 0.15) is 0 Å². The van der Waals surface area contributed by atoms with Gasteiger partial charge in [-0.1, -0.05) is 35.9 Å². The number of halogens is 1. The number of rotatable bonds is 7. The van der Waals surface area contributed by atoms with E-state index in [1.807, 2.05) is 12.3 Å². The molecule has 0 radical (unpaired) electrons. The third-order valence-corrected chi connectivity index (χ3v) is 5.95. The zero-order valence-electron chi connectivity index (χ0n) is 13.9. The van der Waals surface area contributed by atoms with Crippen molar-refractivity contribution in [1.29, 1.82) is 0 Å². The van der Waals surface area contributed by atoms with E-state index < -0.39 is 10.0 Å². The Labute approximate surface area is 157 Å². The molecule has 0 atom stereocenters. The van der Waals surface area contributed by atoms with E-state index in [-0.39, 0.29) is 11.7 Å². The summed E-state index contributed by atoms with van der Waals surface area (Å²) in [7, 11) is -1.91. The van der Waals surface area contributed by atoms with Crippen molar-refractivity contribution in [3.05, 3.63) is 64.2 Å². The second kappa shape index (κ2) is 8.71. The molecule has 0 bridgehead atoms. The van der Waals surface area contributed by atoms with Crippen molar-refractivity contribution >= 4 is 39.3 Å². The van der Waals surface area contributed by atoms with Crippen molar-refractivity contribution in [1.82, 2.24) is 10.0 Å². The molecule has 2 aromatic carbocycles. The molecule has 0 saturated heterocycles. The highest BCUT2D eigenvalue weighted by atomic mass is 35.5. The van der Waals surface area contributed by atoms with Crippen LogP contribution >= 0.6 is 23.4 Å². The molecule has 0 saturated carbocycles. The van der Waals surface area contributed by atoms with Crippen molar-refractivity contribution in [2.75, 3.05) is 13.3 Å². The number of sulfonamides is 1. The highest BCUT2D eigenvalue weighted by molar-refractivity contribution is 7.98. The van der Waals surface area contributed by atoms with Crippen LogP contribution in [0.25, 0.3) is 0 Å². The average molecular weight is 399 g/mol. The molecule has 0 aliphatic heterocycles. The summed E-state index contributed by atoms with van der Waals surface area (Å²) in [5.41, 5.74) is 1.99. The van der Waals surface area contributed by atoms with Crippen molar-refractivity contribution in [3.8, 4) is 0 Å². The molecule has 0 unspecified atom stereocenters. The number of benzene rings is 2. The molecule has 0 spiro atoms. The Morgan fingerprint density at radius 2 is 1.76 bits per heavy atom. The van der Waals surface area contributed by atoms with Gasteiger partial charge < -0.3 is 5.32 Å². The number of thioether (sulfide) groups is 1. The minimum Gasteiger partial charge on any atom is -0.348 e. The first-order chi connectivity index (χ1) is 11.8. The van der Waals surface area contributed by atoms with Gasteiger partial charge in [0.05, 0.1) is 16.3 Å². The molecule has 0 aliphatic rings. The molecule has 0 heterocycles. The predicted octanol–water partition coefficient (Wildman–Crippen LogP) is 3.04. The smallest absolute Gasteiger partial charge is 0.253 e. The lowest BCUT2D eigenvalue weighted by molar-refractivity contribution is 0.0951. The largest absolute Gasteiger partial charge is 0.348 e.